The monoisotopic (exact) mass is 174 g/mol. The predicted octanol–water partition coefficient (Wildman–Crippen LogP) is 4.20. The normalized spacial score (nSPS) is 11.7. The fourth-order valence-electron chi connectivity index (χ4n) is 0.927. The van der Waals surface area contributed by atoms with E-state index in [0.29, 0.717) is 0 Å². The van der Waals surface area contributed by atoms with Crippen molar-refractivity contribution in [3.63, 3.8) is 0 Å². The standard InChI is InChI=1S/C13H18/c1-6-7-8-9-13(12(4)5)10-11(2)3/h6-9H,1-2,4,10H2,3,5H3/b8-7-,13-9+. The van der Waals surface area contributed by atoms with Crippen LogP contribution in [0.5, 0.6) is 0 Å². The molecular weight excluding hydrogens is 156 g/mol. The van der Waals surface area contributed by atoms with Crippen LogP contribution < -0.4 is 0 Å². The van der Waals surface area contributed by atoms with Gasteiger partial charge in [-0.3, -0.25) is 0 Å². The van der Waals surface area contributed by atoms with Gasteiger partial charge < -0.3 is 0 Å². The van der Waals surface area contributed by atoms with Gasteiger partial charge in [-0.2, -0.15) is 0 Å². The molecule has 13 heavy (non-hydrogen) atoms. The van der Waals surface area contributed by atoms with Crippen molar-refractivity contribution >= 4 is 0 Å². The first-order chi connectivity index (χ1) is 6.07. The van der Waals surface area contributed by atoms with E-state index in [1.807, 2.05) is 26.0 Å². The maximum absolute atomic E-state index is 3.92. The zero-order valence-electron chi connectivity index (χ0n) is 8.64. The third kappa shape index (κ3) is 5.92. The van der Waals surface area contributed by atoms with Crippen LogP contribution in [0.25, 0.3) is 0 Å². The summed E-state index contributed by atoms with van der Waals surface area (Å²) in [6.07, 6.45) is 8.59. The van der Waals surface area contributed by atoms with Gasteiger partial charge in [0.15, 0.2) is 0 Å². The van der Waals surface area contributed by atoms with Gasteiger partial charge in [0.1, 0.15) is 0 Å². The quantitative estimate of drug-likeness (QED) is 0.433. The van der Waals surface area contributed by atoms with Gasteiger partial charge in [-0.05, 0) is 25.8 Å². The average molecular weight is 174 g/mol. The van der Waals surface area contributed by atoms with E-state index in [1.165, 1.54) is 5.57 Å². The summed E-state index contributed by atoms with van der Waals surface area (Å²) in [6.45, 7) is 15.4. The highest BCUT2D eigenvalue weighted by molar-refractivity contribution is 5.33. The van der Waals surface area contributed by atoms with Gasteiger partial charge in [-0.25, -0.2) is 0 Å². The molecule has 0 N–H and O–H groups in total. The maximum Gasteiger partial charge on any atom is -0.00702 e. The van der Waals surface area contributed by atoms with Crippen molar-refractivity contribution < 1.29 is 0 Å². The minimum absolute atomic E-state index is 0.900. The van der Waals surface area contributed by atoms with Crippen molar-refractivity contribution in [3.05, 3.63) is 60.8 Å². The van der Waals surface area contributed by atoms with Gasteiger partial charge in [0.05, 0.1) is 0 Å². The van der Waals surface area contributed by atoms with Crippen LogP contribution in [-0.4, -0.2) is 0 Å². The SMILES string of the molecule is C=C/C=C\C=C(/CC(=C)C)C(=C)C. The van der Waals surface area contributed by atoms with E-state index in [2.05, 4.69) is 25.8 Å². The topological polar surface area (TPSA) is 0 Å². The largest absolute Gasteiger partial charge is 0.0998 e. The summed E-state index contributed by atoms with van der Waals surface area (Å²) in [5, 5.41) is 0. The number of allylic oxidation sites excluding steroid dienone is 7. The zero-order valence-corrected chi connectivity index (χ0v) is 8.64. The van der Waals surface area contributed by atoms with Crippen LogP contribution >= 0.6 is 0 Å². The van der Waals surface area contributed by atoms with E-state index in [4.69, 9.17) is 0 Å². The van der Waals surface area contributed by atoms with Crippen molar-refractivity contribution in [3.8, 4) is 0 Å². The van der Waals surface area contributed by atoms with Crippen molar-refractivity contribution in [1.82, 2.24) is 0 Å². The van der Waals surface area contributed by atoms with Gasteiger partial charge in [-0.1, -0.05) is 55.2 Å². The van der Waals surface area contributed by atoms with Crippen molar-refractivity contribution in [2.24, 2.45) is 0 Å². The molecule has 0 aromatic heterocycles. The van der Waals surface area contributed by atoms with Gasteiger partial charge in [0.25, 0.3) is 0 Å². The van der Waals surface area contributed by atoms with Gasteiger partial charge in [0.2, 0.25) is 0 Å². The van der Waals surface area contributed by atoms with Gasteiger partial charge >= 0.3 is 0 Å². The Morgan fingerprint density at radius 3 is 2.15 bits per heavy atom. The Labute approximate surface area is 81.7 Å². The highest BCUT2D eigenvalue weighted by Crippen LogP contribution is 2.16. The summed E-state index contributed by atoms with van der Waals surface area (Å²) in [5.74, 6) is 0. The summed E-state index contributed by atoms with van der Waals surface area (Å²) in [6, 6.07) is 0. The molecule has 0 bridgehead atoms. The van der Waals surface area contributed by atoms with Crippen LogP contribution in [0.1, 0.15) is 20.3 Å². The Morgan fingerprint density at radius 1 is 1.15 bits per heavy atom. The minimum Gasteiger partial charge on any atom is -0.0998 e. The van der Waals surface area contributed by atoms with E-state index >= 15 is 0 Å². The van der Waals surface area contributed by atoms with E-state index in [9.17, 15) is 0 Å². The molecule has 0 saturated heterocycles. The number of hydrogen-bond donors (Lipinski definition) is 0. The second-order valence-electron chi connectivity index (χ2n) is 3.23. The molecule has 0 nitrogen and oxygen atoms in total. The average Bonchev–Trinajstić information content (AvgIpc) is 2.02. The van der Waals surface area contributed by atoms with Crippen molar-refractivity contribution in [2.45, 2.75) is 20.3 Å². The van der Waals surface area contributed by atoms with E-state index in [-0.39, 0.29) is 0 Å². The van der Waals surface area contributed by atoms with Gasteiger partial charge in [-0.15, -0.1) is 0 Å². The highest BCUT2D eigenvalue weighted by Gasteiger charge is 1.96. The molecule has 0 unspecified atom stereocenters. The molecule has 0 heteroatoms. The van der Waals surface area contributed by atoms with E-state index < -0.39 is 0 Å². The van der Waals surface area contributed by atoms with Crippen LogP contribution in [0.4, 0.5) is 0 Å². The fourth-order valence-corrected chi connectivity index (χ4v) is 0.927. The van der Waals surface area contributed by atoms with E-state index in [1.54, 1.807) is 6.08 Å². The highest BCUT2D eigenvalue weighted by atomic mass is 14.0. The summed E-state index contributed by atoms with van der Waals surface area (Å²) >= 11 is 0. The second-order valence-corrected chi connectivity index (χ2v) is 3.23. The minimum atomic E-state index is 0.900. The lowest BCUT2D eigenvalue weighted by atomic mass is 10.0. The molecular formula is C13H18. The zero-order chi connectivity index (χ0) is 10.3. The molecule has 0 fully saturated rings. The fraction of sp³-hybridized carbons (Fsp3) is 0.231. The molecule has 0 rings (SSSR count). The third-order valence-electron chi connectivity index (χ3n) is 1.59. The van der Waals surface area contributed by atoms with E-state index in [0.717, 1.165) is 17.6 Å². The third-order valence-corrected chi connectivity index (χ3v) is 1.59. The number of rotatable bonds is 5. The maximum atomic E-state index is 3.92. The summed E-state index contributed by atoms with van der Waals surface area (Å²) in [7, 11) is 0. The van der Waals surface area contributed by atoms with Crippen LogP contribution in [0, 0.1) is 0 Å². The van der Waals surface area contributed by atoms with Crippen molar-refractivity contribution in [2.75, 3.05) is 0 Å². The Bertz CT molecular complexity index is 262. The first-order valence-corrected chi connectivity index (χ1v) is 4.36. The molecule has 0 heterocycles. The van der Waals surface area contributed by atoms with Gasteiger partial charge in [0, 0.05) is 0 Å². The smallest absolute Gasteiger partial charge is 0.00702 e. The number of hydrogen-bond acceptors (Lipinski definition) is 0. The molecule has 0 aliphatic heterocycles. The molecule has 70 valence electrons. The Hall–Kier alpha value is -1.30. The molecule has 0 amide bonds. The van der Waals surface area contributed by atoms with Crippen LogP contribution in [0.15, 0.2) is 60.8 Å². The second kappa shape index (κ2) is 6.24. The lowest BCUT2D eigenvalue weighted by molar-refractivity contribution is 1.12. The Kier molecular flexibility index (Phi) is 5.62. The molecule has 0 saturated carbocycles. The lowest BCUT2D eigenvalue weighted by Gasteiger charge is -2.04. The van der Waals surface area contributed by atoms with Crippen LogP contribution in [0.3, 0.4) is 0 Å². The molecule has 0 radical (unpaired) electrons. The molecule has 0 aliphatic rings. The predicted molar refractivity (Wildman–Crippen MR) is 61.7 cm³/mol. The Balaban J connectivity index is 4.49. The molecule has 0 aliphatic carbocycles. The lowest BCUT2D eigenvalue weighted by Crippen LogP contribution is -1.84. The van der Waals surface area contributed by atoms with Crippen molar-refractivity contribution in [1.29, 1.82) is 0 Å². The first-order valence-electron chi connectivity index (χ1n) is 4.36. The molecule has 0 spiro atoms. The molecule has 0 aromatic carbocycles. The van der Waals surface area contributed by atoms with Crippen LogP contribution in [0.2, 0.25) is 0 Å². The summed E-state index contributed by atoms with van der Waals surface area (Å²) in [4.78, 5) is 0. The van der Waals surface area contributed by atoms with Crippen LogP contribution in [-0.2, 0) is 0 Å². The molecule has 0 atom stereocenters. The molecule has 0 aromatic rings. The summed E-state index contributed by atoms with van der Waals surface area (Å²) < 4.78 is 0. The first kappa shape index (κ1) is 11.7. The summed E-state index contributed by atoms with van der Waals surface area (Å²) in [5.41, 5.74) is 3.48. The Morgan fingerprint density at radius 2 is 1.77 bits per heavy atom.